The fraction of sp³-hybridized carbons (Fsp3) is 0.556. The lowest BCUT2D eigenvalue weighted by molar-refractivity contribution is -0.151. The van der Waals surface area contributed by atoms with Gasteiger partial charge in [-0.3, -0.25) is 9.79 Å². The number of amidine groups is 1. The molecule has 0 spiro atoms. The predicted molar refractivity (Wildman–Crippen MR) is 89.4 cm³/mol. The Bertz CT molecular complexity index is 728. The molecule has 1 aromatic carbocycles. The van der Waals surface area contributed by atoms with Gasteiger partial charge in [0.1, 0.15) is 30.5 Å². The minimum atomic E-state index is -4.56. The highest BCUT2D eigenvalue weighted by Gasteiger charge is 2.39. The summed E-state index contributed by atoms with van der Waals surface area (Å²) in [5, 5.41) is 0. The highest BCUT2D eigenvalue weighted by molar-refractivity contribution is 5.83. The lowest BCUT2D eigenvalue weighted by atomic mass is 9.81. The van der Waals surface area contributed by atoms with Crippen molar-refractivity contribution < 1.29 is 27.1 Å². The summed E-state index contributed by atoms with van der Waals surface area (Å²) >= 11 is 0. The molecule has 1 atom stereocenters. The minimum Gasteiger partial charge on any atom is -0.386 e. The van der Waals surface area contributed by atoms with Gasteiger partial charge >= 0.3 is 6.18 Å². The number of halogens is 4. The maximum Gasteiger partial charge on any atom is 0.395 e. The first-order chi connectivity index (χ1) is 11.8. The Labute approximate surface area is 149 Å². The molecule has 1 aromatic rings. The maximum absolute atomic E-state index is 14.5. The van der Waals surface area contributed by atoms with E-state index in [4.69, 9.17) is 10.5 Å². The molecule has 0 unspecified atom stereocenters. The first kappa shape index (κ1) is 20.4. The Morgan fingerprint density at radius 3 is 2.58 bits per heavy atom. The van der Waals surface area contributed by atoms with Crippen molar-refractivity contribution in [2.75, 3.05) is 6.61 Å². The van der Waals surface area contributed by atoms with Gasteiger partial charge in [-0.15, -0.1) is 0 Å². The zero-order chi connectivity index (χ0) is 19.8. The summed E-state index contributed by atoms with van der Waals surface area (Å²) in [7, 11) is 0. The van der Waals surface area contributed by atoms with Crippen LogP contribution in [0, 0.1) is 5.82 Å². The Kier molecular flexibility index (Phi) is 5.46. The highest BCUT2D eigenvalue weighted by Crippen LogP contribution is 2.39. The Hall–Kier alpha value is -1.96. The summed E-state index contributed by atoms with van der Waals surface area (Å²) in [6.45, 7) is 5.45. The summed E-state index contributed by atoms with van der Waals surface area (Å²) in [5.41, 5.74) is 4.62. The Morgan fingerprint density at radius 1 is 1.31 bits per heavy atom. The first-order valence-corrected chi connectivity index (χ1v) is 8.15. The third-order valence-corrected chi connectivity index (χ3v) is 4.18. The van der Waals surface area contributed by atoms with Crippen molar-refractivity contribution in [2.45, 2.75) is 57.3 Å². The van der Waals surface area contributed by atoms with Crippen LogP contribution in [-0.4, -0.2) is 30.0 Å². The first-order valence-electron chi connectivity index (χ1n) is 8.15. The van der Waals surface area contributed by atoms with Crippen LogP contribution in [0.1, 0.15) is 44.7 Å². The van der Waals surface area contributed by atoms with Gasteiger partial charge in [0.05, 0.1) is 11.1 Å². The zero-order valence-electron chi connectivity index (χ0n) is 14.9. The maximum atomic E-state index is 14.5. The molecule has 1 aliphatic heterocycles. The van der Waals surface area contributed by atoms with Crippen molar-refractivity contribution in [3.63, 3.8) is 0 Å². The molecule has 4 nitrogen and oxygen atoms in total. The van der Waals surface area contributed by atoms with Crippen LogP contribution in [-0.2, 0) is 21.5 Å². The van der Waals surface area contributed by atoms with E-state index in [1.165, 1.54) is 12.1 Å². The summed E-state index contributed by atoms with van der Waals surface area (Å²) < 4.78 is 57.2. The predicted octanol–water partition coefficient (Wildman–Crippen LogP) is 3.66. The van der Waals surface area contributed by atoms with Crippen molar-refractivity contribution in [3.05, 3.63) is 35.1 Å². The SMILES string of the molecule is CC1(C)C[C@@](C)(c2cc(CC(=O)CC(F)(F)F)ccc2F)N=C(N)CO1. The Morgan fingerprint density at radius 2 is 1.96 bits per heavy atom. The second-order valence-electron chi connectivity index (χ2n) is 7.42. The standard InChI is InChI=1S/C18H22F4N2O2/c1-16(2)10-17(3,24-15(23)9-26-16)13-7-11(4-5-14(13)19)6-12(25)8-18(20,21)22/h4-5,7H,6,8-10H2,1-3H3,(H2,23,24)/t17-/m0/s1. The number of Topliss-reactive ketones (excluding diaryl/α,β-unsaturated/α-hetero) is 1. The smallest absolute Gasteiger partial charge is 0.386 e. The lowest BCUT2D eigenvalue weighted by Gasteiger charge is -2.33. The second-order valence-corrected chi connectivity index (χ2v) is 7.42. The molecule has 0 bridgehead atoms. The van der Waals surface area contributed by atoms with Crippen LogP contribution >= 0.6 is 0 Å². The number of ether oxygens (including phenoxy) is 1. The number of hydrogen-bond acceptors (Lipinski definition) is 4. The molecular weight excluding hydrogens is 352 g/mol. The van der Waals surface area contributed by atoms with E-state index in [-0.39, 0.29) is 18.0 Å². The van der Waals surface area contributed by atoms with E-state index >= 15 is 0 Å². The fourth-order valence-electron chi connectivity index (χ4n) is 3.30. The van der Waals surface area contributed by atoms with E-state index in [2.05, 4.69) is 4.99 Å². The highest BCUT2D eigenvalue weighted by atomic mass is 19.4. The van der Waals surface area contributed by atoms with E-state index in [1.807, 2.05) is 13.8 Å². The number of aliphatic imine (C=N–C) groups is 1. The topological polar surface area (TPSA) is 64.7 Å². The summed E-state index contributed by atoms with van der Waals surface area (Å²) in [6.07, 6.45) is -6.18. The van der Waals surface area contributed by atoms with E-state index in [0.29, 0.717) is 12.0 Å². The second kappa shape index (κ2) is 6.98. The summed E-state index contributed by atoms with van der Waals surface area (Å²) in [5.74, 6) is -1.34. The van der Waals surface area contributed by atoms with Gasteiger partial charge in [-0.2, -0.15) is 13.2 Å². The summed E-state index contributed by atoms with van der Waals surface area (Å²) in [6, 6.07) is 3.84. The number of nitrogens with zero attached hydrogens (tertiary/aromatic N) is 1. The normalized spacial score (nSPS) is 23.3. The molecule has 0 fully saturated rings. The molecule has 26 heavy (non-hydrogen) atoms. The number of nitrogens with two attached hydrogens (primary N) is 1. The number of ketones is 1. The third-order valence-electron chi connectivity index (χ3n) is 4.18. The summed E-state index contributed by atoms with van der Waals surface area (Å²) in [4.78, 5) is 16.0. The van der Waals surface area contributed by atoms with Crippen LogP contribution in [0.2, 0.25) is 0 Å². The average molecular weight is 374 g/mol. The van der Waals surface area contributed by atoms with Gasteiger partial charge in [0.25, 0.3) is 0 Å². The van der Waals surface area contributed by atoms with Crippen LogP contribution in [0.3, 0.4) is 0 Å². The molecule has 0 amide bonds. The van der Waals surface area contributed by atoms with E-state index in [9.17, 15) is 22.4 Å². The average Bonchev–Trinajstić information content (AvgIpc) is 2.54. The minimum absolute atomic E-state index is 0.105. The number of alkyl halides is 3. The third kappa shape index (κ3) is 5.27. The van der Waals surface area contributed by atoms with Crippen LogP contribution in [0.15, 0.2) is 23.2 Å². The van der Waals surface area contributed by atoms with Gasteiger partial charge in [-0.25, -0.2) is 4.39 Å². The monoisotopic (exact) mass is 374 g/mol. The van der Waals surface area contributed by atoms with Gasteiger partial charge < -0.3 is 10.5 Å². The van der Waals surface area contributed by atoms with Crippen LogP contribution in [0.25, 0.3) is 0 Å². The Balaban J connectivity index is 2.36. The number of rotatable bonds is 4. The fourth-order valence-corrected chi connectivity index (χ4v) is 3.30. The zero-order valence-corrected chi connectivity index (χ0v) is 14.9. The molecule has 0 saturated carbocycles. The molecule has 2 N–H and O–H groups in total. The molecular formula is C18H22F4N2O2. The van der Waals surface area contributed by atoms with E-state index in [1.54, 1.807) is 6.92 Å². The van der Waals surface area contributed by atoms with E-state index in [0.717, 1.165) is 6.07 Å². The number of benzene rings is 1. The number of carbonyl (C=O) groups excluding carboxylic acids is 1. The largest absolute Gasteiger partial charge is 0.395 e. The van der Waals surface area contributed by atoms with Crippen LogP contribution < -0.4 is 5.73 Å². The molecule has 8 heteroatoms. The van der Waals surface area contributed by atoms with Crippen molar-refractivity contribution in [1.29, 1.82) is 0 Å². The van der Waals surface area contributed by atoms with Gasteiger partial charge in [-0.1, -0.05) is 12.1 Å². The van der Waals surface area contributed by atoms with E-state index < -0.39 is 41.8 Å². The van der Waals surface area contributed by atoms with Gasteiger partial charge in [0, 0.05) is 18.4 Å². The van der Waals surface area contributed by atoms with Gasteiger partial charge in [-0.05, 0) is 32.4 Å². The lowest BCUT2D eigenvalue weighted by Crippen LogP contribution is -2.33. The van der Waals surface area contributed by atoms with Crippen molar-refractivity contribution >= 4 is 11.6 Å². The quantitative estimate of drug-likeness (QED) is 0.818. The van der Waals surface area contributed by atoms with Crippen LogP contribution in [0.4, 0.5) is 17.6 Å². The van der Waals surface area contributed by atoms with Crippen LogP contribution in [0.5, 0.6) is 0 Å². The molecule has 1 heterocycles. The van der Waals surface area contributed by atoms with Crippen molar-refractivity contribution in [1.82, 2.24) is 0 Å². The number of carbonyl (C=O) groups is 1. The van der Waals surface area contributed by atoms with Crippen molar-refractivity contribution in [3.8, 4) is 0 Å². The molecule has 2 rings (SSSR count). The number of hydrogen-bond donors (Lipinski definition) is 1. The van der Waals surface area contributed by atoms with Crippen molar-refractivity contribution in [2.24, 2.45) is 10.7 Å². The molecule has 0 aromatic heterocycles. The molecule has 0 aliphatic carbocycles. The molecule has 0 saturated heterocycles. The molecule has 0 radical (unpaired) electrons. The van der Waals surface area contributed by atoms with Gasteiger partial charge in [0.15, 0.2) is 0 Å². The van der Waals surface area contributed by atoms with Gasteiger partial charge in [0.2, 0.25) is 0 Å². The molecule has 144 valence electrons. The molecule has 1 aliphatic rings.